The van der Waals surface area contributed by atoms with Gasteiger partial charge in [0.2, 0.25) is 5.91 Å². The molecule has 15 heavy (non-hydrogen) atoms. The molecule has 0 saturated heterocycles. The third kappa shape index (κ3) is 3.51. The highest BCUT2D eigenvalue weighted by Gasteiger charge is 2.09. The number of halogens is 1. The Balaban J connectivity index is 2.76. The number of amides is 1. The van der Waals surface area contributed by atoms with Gasteiger partial charge in [0.25, 0.3) is 0 Å². The Morgan fingerprint density at radius 1 is 1.40 bits per heavy atom. The SMILES string of the molecule is C=C(NC(C)=O)C(C)c1ccc(Br)cc1. The molecule has 0 heterocycles. The van der Waals surface area contributed by atoms with Crippen molar-refractivity contribution in [2.75, 3.05) is 0 Å². The third-order valence-electron chi connectivity index (χ3n) is 2.23. The molecular weight excluding hydrogens is 254 g/mol. The molecule has 0 aromatic heterocycles. The minimum Gasteiger partial charge on any atom is -0.330 e. The van der Waals surface area contributed by atoms with E-state index in [0.29, 0.717) is 0 Å². The van der Waals surface area contributed by atoms with E-state index in [0.717, 1.165) is 15.7 Å². The van der Waals surface area contributed by atoms with E-state index in [-0.39, 0.29) is 11.8 Å². The van der Waals surface area contributed by atoms with Gasteiger partial charge in [-0.15, -0.1) is 0 Å². The Morgan fingerprint density at radius 2 is 1.93 bits per heavy atom. The fourth-order valence-corrected chi connectivity index (χ4v) is 1.55. The minimum atomic E-state index is -0.0797. The molecule has 0 fully saturated rings. The molecule has 0 spiro atoms. The Morgan fingerprint density at radius 3 is 2.40 bits per heavy atom. The maximum absolute atomic E-state index is 10.9. The van der Waals surface area contributed by atoms with Gasteiger partial charge in [0.05, 0.1) is 0 Å². The molecule has 0 bridgehead atoms. The summed E-state index contributed by atoms with van der Waals surface area (Å²) >= 11 is 3.38. The zero-order chi connectivity index (χ0) is 11.4. The number of hydrogen-bond acceptors (Lipinski definition) is 1. The molecule has 1 aromatic rings. The van der Waals surface area contributed by atoms with E-state index >= 15 is 0 Å². The van der Waals surface area contributed by atoms with Gasteiger partial charge in [0, 0.05) is 23.0 Å². The van der Waals surface area contributed by atoms with Crippen LogP contribution >= 0.6 is 15.9 Å². The second-order valence-corrected chi connectivity index (χ2v) is 4.40. The summed E-state index contributed by atoms with van der Waals surface area (Å²) in [5.74, 6) is 0.0472. The molecule has 3 heteroatoms. The number of nitrogens with one attached hydrogen (secondary N) is 1. The molecule has 0 aliphatic carbocycles. The fourth-order valence-electron chi connectivity index (χ4n) is 1.29. The van der Waals surface area contributed by atoms with E-state index in [1.54, 1.807) is 0 Å². The molecule has 0 aliphatic heterocycles. The molecule has 80 valence electrons. The average molecular weight is 268 g/mol. The van der Waals surface area contributed by atoms with Gasteiger partial charge in [0.1, 0.15) is 0 Å². The molecular formula is C12H14BrNO. The maximum Gasteiger partial charge on any atom is 0.220 e. The van der Waals surface area contributed by atoms with Crippen molar-refractivity contribution in [1.29, 1.82) is 0 Å². The summed E-state index contributed by atoms with van der Waals surface area (Å²) in [5, 5.41) is 2.71. The summed E-state index contributed by atoms with van der Waals surface area (Å²) in [6.45, 7) is 7.35. The Kier molecular flexibility index (Phi) is 4.09. The van der Waals surface area contributed by atoms with Crippen LogP contribution in [0.3, 0.4) is 0 Å². The number of hydrogen-bond donors (Lipinski definition) is 1. The molecule has 1 amide bonds. The highest BCUT2D eigenvalue weighted by molar-refractivity contribution is 9.10. The lowest BCUT2D eigenvalue weighted by atomic mass is 9.98. The van der Waals surface area contributed by atoms with Crippen molar-refractivity contribution in [2.24, 2.45) is 0 Å². The topological polar surface area (TPSA) is 29.1 Å². The summed E-state index contributed by atoms with van der Waals surface area (Å²) < 4.78 is 1.04. The van der Waals surface area contributed by atoms with Gasteiger partial charge >= 0.3 is 0 Å². The smallest absolute Gasteiger partial charge is 0.220 e. The second-order valence-electron chi connectivity index (χ2n) is 3.48. The van der Waals surface area contributed by atoms with Gasteiger partial charge in [-0.3, -0.25) is 4.79 Å². The van der Waals surface area contributed by atoms with Crippen LogP contribution in [0.2, 0.25) is 0 Å². The summed E-state index contributed by atoms with van der Waals surface area (Å²) in [6.07, 6.45) is 0. The number of carbonyl (C=O) groups excluding carboxylic acids is 1. The number of rotatable bonds is 3. The van der Waals surface area contributed by atoms with Crippen LogP contribution in [0.25, 0.3) is 0 Å². The van der Waals surface area contributed by atoms with Crippen LogP contribution in [0.5, 0.6) is 0 Å². The van der Waals surface area contributed by atoms with Gasteiger partial charge < -0.3 is 5.32 Å². The van der Waals surface area contributed by atoms with E-state index in [1.807, 2.05) is 31.2 Å². The molecule has 1 atom stereocenters. The van der Waals surface area contributed by atoms with E-state index in [1.165, 1.54) is 6.92 Å². The van der Waals surface area contributed by atoms with Crippen LogP contribution in [-0.2, 0) is 4.79 Å². The van der Waals surface area contributed by atoms with Crippen molar-refractivity contribution in [3.05, 3.63) is 46.6 Å². The Bertz CT molecular complexity index is 370. The van der Waals surface area contributed by atoms with Gasteiger partial charge in [-0.2, -0.15) is 0 Å². The van der Waals surface area contributed by atoms with Crippen LogP contribution in [-0.4, -0.2) is 5.91 Å². The van der Waals surface area contributed by atoms with Gasteiger partial charge in [0.15, 0.2) is 0 Å². The van der Waals surface area contributed by atoms with Gasteiger partial charge in [-0.25, -0.2) is 0 Å². The average Bonchev–Trinajstić information content (AvgIpc) is 2.17. The predicted octanol–water partition coefficient (Wildman–Crippen LogP) is 3.20. The minimum absolute atomic E-state index is 0.0797. The lowest BCUT2D eigenvalue weighted by Gasteiger charge is -2.15. The molecule has 1 N–H and O–H groups in total. The number of carbonyl (C=O) groups is 1. The van der Waals surface area contributed by atoms with Crippen molar-refractivity contribution < 1.29 is 4.79 Å². The first kappa shape index (κ1) is 12.0. The summed E-state index contributed by atoms with van der Waals surface area (Å²) in [7, 11) is 0. The standard InChI is InChI=1S/C12H14BrNO/c1-8(9(2)14-10(3)15)11-4-6-12(13)7-5-11/h4-8H,2H2,1,3H3,(H,14,15). The van der Waals surface area contributed by atoms with Crippen LogP contribution in [0.4, 0.5) is 0 Å². The third-order valence-corrected chi connectivity index (χ3v) is 2.76. The van der Waals surface area contributed by atoms with Crippen molar-refractivity contribution in [3.63, 3.8) is 0 Å². The lowest BCUT2D eigenvalue weighted by Crippen LogP contribution is -2.21. The maximum atomic E-state index is 10.9. The monoisotopic (exact) mass is 267 g/mol. The number of allylic oxidation sites excluding steroid dienone is 1. The van der Waals surface area contributed by atoms with Crippen LogP contribution in [0.15, 0.2) is 41.0 Å². The van der Waals surface area contributed by atoms with Crippen molar-refractivity contribution in [3.8, 4) is 0 Å². The molecule has 2 nitrogen and oxygen atoms in total. The lowest BCUT2D eigenvalue weighted by molar-refractivity contribution is -0.118. The highest BCUT2D eigenvalue weighted by atomic mass is 79.9. The first-order valence-corrected chi connectivity index (χ1v) is 5.52. The molecule has 0 radical (unpaired) electrons. The highest BCUT2D eigenvalue weighted by Crippen LogP contribution is 2.22. The molecule has 0 saturated carbocycles. The Labute approximate surface area is 98.5 Å². The summed E-state index contributed by atoms with van der Waals surface area (Å²) in [4.78, 5) is 10.9. The summed E-state index contributed by atoms with van der Waals surface area (Å²) in [6, 6.07) is 7.99. The van der Waals surface area contributed by atoms with Crippen LogP contribution < -0.4 is 5.32 Å². The Hall–Kier alpha value is -1.09. The van der Waals surface area contributed by atoms with Crippen molar-refractivity contribution in [1.82, 2.24) is 5.32 Å². The first-order valence-electron chi connectivity index (χ1n) is 4.72. The zero-order valence-corrected chi connectivity index (χ0v) is 10.5. The van der Waals surface area contributed by atoms with Crippen LogP contribution in [0, 0.1) is 0 Å². The van der Waals surface area contributed by atoms with E-state index < -0.39 is 0 Å². The first-order chi connectivity index (χ1) is 7.00. The molecule has 1 unspecified atom stereocenters. The van der Waals surface area contributed by atoms with Crippen molar-refractivity contribution in [2.45, 2.75) is 19.8 Å². The fraction of sp³-hybridized carbons (Fsp3) is 0.250. The van der Waals surface area contributed by atoms with Gasteiger partial charge in [-0.05, 0) is 17.7 Å². The zero-order valence-electron chi connectivity index (χ0n) is 8.88. The van der Waals surface area contributed by atoms with Crippen LogP contribution in [0.1, 0.15) is 25.3 Å². The van der Waals surface area contributed by atoms with E-state index in [2.05, 4.69) is 27.8 Å². The van der Waals surface area contributed by atoms with Gasteiger partial charge in [-0.1, -0.05) is 41.6 Å². The van der Waals surface area contributed by atoms with E-state index in [4.69, 9.17) is 0 Å². The molecule has 1 aromatic carbocycles. The number of benzene rings is 1. The normalized spacial score (nSPS) is 11.9. The van der Waals surface area contributed by atoms with E-state index in [9.17, 15) is 4.79 Å². The van der Waals surface area contributed by atoms with Crippen molar-refractivity contribution >= 4 is 21.8 Å². The molecule has 0 aliphatic rings. The molecule has 1 rings (SSSR count). The quantitative estimate of drug-likeness (QED) is 0.896. The largest absolute Gasteiger partial charge is 0.330 e. The second kappa shape index (κ2) is 5.12. The predicted molar refractivity (Wildman–Crippen MR) is 65.5 cm³/mol. The summed E-state index contributed by atoms with van der Waals surface area (Å²) in [5.41, 5.74) is 1.86.